The predicted octanol–water partition coefficient (Wildman–Crippen LogP) is 2.78. The summed E-state index contributed by atoms with van der Waals surface area (Å²) in [7, 11) is 0. The summed E-state index contributed by atoms with van der Waals surface area (Å²) in [6.45, 7) is 7.71. The van der Waals surface area contributed by atoms with Crippen LogP contribution in [0.15, 0.2) is 24.3 Å². The highest BCUT2D eigenvalue weighted by atomic mass is 16.6. The molecule has 0 saturated heterocycles. The first-order valence-electron chi connectivity index (χ1n) is 10.3. The van der Waals surface area contributed by atoms with E-state index < -0.39 is 0 Å². The zero-order valence-electron chi connectivity index (χ0n) is 17.4. The van der Waals surface area contributed by atoms with E-state index in [4.69, 9.17) is 5.73 Å². The Morgan fingerprint density at radius 3 is 2.59 bits per heavy atom. The Balaban J connectivity index is 1.86. The highest BCUT2D eigenvalue weighted by Gasteiger charge is 2.29. The van der Waals surface area contributed by atoms with E-state index in [0.29, 0.717) is 17.7 Å². The molecule has 9 heteroatoms. The number of benzene rings is 1. The van der Waals surface area contributed by atoms with Gasteiger partial charge in [0.2, 0.25) is 0 Å². The first-order valence-corrected chi connectivity index (χ1v) is 10.3. The number of aromatic nitrogens is 4. The van der Waals surface area contributed by atoms with Gasteiger partial charge in [0, 0.05) is 12.1 Å². The van der Waals surface area contributed by atoms with Gasteiger partial charge in [-0.15, -0.1) is 5.10 Å². The third-order valence-corrected chi connectivity index (χ3v) is 5.66. The van der Waals surface area contributed by atoms with Gasteiger partial charge in [-0.05, 0) is 80.9 Å². The summed E-state index contributed by atoms with van der Waals surface area (Å²) >= 11 is 0. The fourth-order valence-corrected chi connectivity index (χ4v) is 4.08. The maximum Gasteiger partial charge on any atom is 0.269 e. The van der Waals surface area contributed by atoms with E-state index in [-0.39, 0.29) is 22.2 Å². The third kappa shape index (κ3) is 5.16. The van der Waals surface area contributed by atoms with Gasteiger partial charge in [-0.2, -0.15) is 0 Å². The number of nitrogens with two attached hydrogens (primary N) is 1. The molecule has 1 aliphatic carbocycles. The van der Waals surface area contributed by atoms with Crippen LogP contribution >= 0.6 is 0 Å². The highest BCUT2D eigenvalue weighted by molar-refractivity contribution is 5.36. The molecule has 3 rings (SSSR count). The number of tetrazole rings is 1. The smallest absolute Gasteiger partial charge is 0.269 e. The lowest BCUT2D eigenvalue weighted by atomic mass is 9.81. The van der Waals surface area contributed by atoms with Gasteiger partial charge < -0.3 is 11.1 Å². The standard InChI is InChI=1S/C20H31N7O2/c1-20(2,3)26-19(23-24-25-26)18(16-7-9-17(10-8-16)27(28)29)22-13-15-6-4-5-14(11-15)12-21/h7-10,14-15,18,22H,4-6,11-13,21H2,1-3H3. The molecule has 2 aromatic rings. The van der Waals surface area contributed by atoms with Gasteiger partial charge in [0.1, 0.15) is 0 Å². The molecule has 0 radical (unpaired) electrons. The average molecular weight is 402 g/mol. The zero-order chi connectivity index (χ0) is 21.0. The van der Waals surface area contributed by atoms with E-state index in [1.165, 1.54) is 31.4 Å². The summed E-state index contributed by atoms with van der Waals surface area (Å²) in [5, 5.41) is 27.1. The topological polar surface area (TPSA) is 125 Å². The third-order valence-electron chi connectivity index (χ3n) is 5.66. The Morgan fingerprint density at radius 1 is 1.28 bits per heavy atom. The molecule has 1 aliphatic rings. The Hall–Kier alpha value is -2.39. The van der Waals surface area contributed by atoms with E-state index in [1.54, 1.807) is 12.1 Å². The minimum Gasteiger partial charge on any atom is -0.330 e. The summed E-state index contributed by atoms with van der Waals surface area (Å²) in [6, 6.07) is 6.37. The molecular weight excluding hydrogens is 370 g/mol. The molecule has 1 aromatic carbocycles. The molecule has 1 fully saturated rings. The minimum atomic E-state index is -0.388. The van der Waals surface area contributed by atoms with Crippen molar-refractivity contribution in [3.63, 3.8) is 0 Å². The van der Waals surface area contributed by atoms with Crippen molar-refractivity contribution >= 4 is 5.69 Å². The van der Waals surface area contributed by atoms with Crippen LogP contribution in [0.25, 0.3) is 0 Å². The van der Waals surface area contributed by atoms with E-state index >= 15 is 0 Å². The van der Waals surface area contributed by atoms with Crippen LogP contribution in [-0.4, -0.2) is 38.2 Å². The second-order valence-corrected chi connectivity index (χ2v) is 8.94. The fourth-order valence-electron chi connectivity index (χ4n) is 4.08. The second-order valence-electron chi connectivity index (χ2n) is 8.94. The normalized spacial score (nSPS) is 21.1. The van der Waals surface area contributed by atoms with Gasteiger partial charge in [-0.25, -0.2) is 4.68 Å². The number of non-ortho nitro benzene ring substituents is 1. The summed E-state index contributed by atoms with van der Waals surface area (Å²) < 4.78 is 1.82. The fraction of sp³-hybridized carbons (Fsp3) is 0.650. The van der Waals surface area contributed by atoms with Gasteiger partial charge in [-0.1, -0.05) is 18.6 Å². The molecule has 3 unspecified atom stereocenters. The van der Waals surface area contributed by atoms with E-state index in [2.05, 4.69) is 20.8 Å². The molecule has 1 saturated carbocycles. The van der Waals surface area contributed by atoms with Crippen LogP contribution in [0, 0.1) is 22.0 Å². The van der Waals surface area contributed by atoms with Crippen LogP contribution in [-0.2, 0) is 5.54 Å². The highest BCUT2D eigenvalue weighted by Crippen LogP contribution is 2.30. The van der Waals surface area contributed by atoms with Gasteiger partial charge in [0.15, 0.2) is 5.82 Å². The molecule has 0 amide bonds. The molecule has 29 heavy (non-hydrogen) atoms. The summed E-state index contributed by atoms with van der Waals surface area (Å²) in [4.78, 5) is 10.6. The SMILES string of the molecule is CC(C)(C)n1nnnc1C(NCC1CCCC(CN)C1)c1ccc([N+](=O)[O-])cc1. The molecule has 9 nitrogen and oxygen atoms in total. The molecule has 1 aromatic heterocycles. The lowest BCUT2D eigenvalue weighted by Gasteiger charge is -2.30. The van der Waals surface area contributed by atoms with Crippen molar-refractivity contribution in [2.45, 2.75) is 58.0 Å². The van der Waals surface area contributed by atoms with E-state index in [1.807, 2.05) is 25.5 Å². The van der Waals surface area contributed by atoms with Crippen molar-refractivity contribution < 1.29 is 4.92 Å². The van der Waals surface area contributed by atoms with Gasteiger partial charge in [0.05, 0.1) is 16.5 Å². The number of rotatable bonds is 7. The van der Waals surface area contributed by atoms with E-state index in [9.17, 15) is 10.1 Å². The van der Waals surface area contributed by atoms with Crippen LogP contribution in [0.5, 0.6) is 0 Å². The van der Waals surface area contributed by atoms with E-state index in [0.717, 1.165) is 25.1 Å². The Kier molecular flexibility index (Phi) is 6.59. The molecule has 0 spiro atoms. The van der Waals surface area contributed by atoms with Crippen molar-refractivity contribution in [2.24, 2.45) is 17.6 Å². The first kappa shape index (κ1) is 21.3. The largest absolute Gasteiger partial charge is 0.330 e. The number of nitrogens with one attached hydrogen (secondary N) is 1. The predicted molar refractivity (Wildman–Crippen MR) is 110 cm³/mol. The summed E-state index contributed by atoms with van der Waals surface area (Å²) in [5.74, 6) is 1.85. The molecule has 0 aliphatic heterocycles. The maximum absolute atomic E-state index is 11.0. The van der Waals surface area contributed by atoms with Crippen molar-refractivity contribution in [2.75, 3.05) is 13.1 Å². The van der Waals surface area contributed by atoms with Crippen LogP contribution in [0.4, 0.5) is 5.69 Å². The van der Waals surface area contributed by atoms with Crippen LogP contribution in [0.3, 0.4) is 0 Å². The molecule has 3 atom stereocenters. The monoisotopic (exact) mass is 401 g/mol. The Labute approximate surface area is 171 Å². The number of hydrogen-bond acceptors (Lipinski definition) is 7. The number of nitrogens with zero attached hydrogens (tertiary/aromatic N) is 5. The molecule has 3 N–H and O–H groups in total. The van der Waals surface area contributed by atoms with Crippen molar-refractivity contribution in [1.29, 1.82) is 0 Å². The first-order chi connectivity index (χ1) is 13.8. The number of nitro groups is 1. The molecule has 0 bridgehead atoms. The molecule has 1 heterocycles. The maximum atomic E-state index is 11.0. The zero-order valence-corrected chi connectivity index (χ0v) is 17.4. The summed E-state index contributed by atoms with van der Waals surface area (Å²) in [5.41, 5.74) is 6.58. The minimum absolute atomic E-state index is 0.0704. The average Bonchev–Trinajstić information content (AvgIpc) is 3.19. The summed E-state index contributed by atoms with van der Waals surface area (Å²) in [6.07, 6.45) is 4.72. The molecular formula is C20H31N7O2. The number of nitro benzene ring substituents is 1. The lowest BCUT2D eigenvalue weighted by Crippen LogP contribution is -2.35. The Morgan fingerprint density at radius 2 is 1.97 bits per heavy atom. The van der Waals surface area contributed by atoms with Gasteiger partial charge in [0.25, 0.3) is 5.69 Å². The lowest BCUT2D eigenvalue weighted by molar-refractivity contribution is -0.384. The second kappa shape index (κ2) is 8.96. The van der Waals surface area contributed by atoms with Crippen LogP contribution in [0.2, 0.25) is 0 Å². The van der Waals surface area contributed by atoms with Gasteiger partial charge in [-0.3, -0.25) is 10.1 Å². The van der Waals surface area contributed by atoms with Crippen molar-refractivity contribution in [3.8, 4) is 0 Å². The number of hydrogen-bond donors (Lipinski definition) is 2. The van der Waals surface area contributed by atoms with Gasteiger partial charge >= 0.3 is 0 Å². The Bertz CT molecular complexity index is 813. The van der Waals surface area contributed by atoms with Crippen molar-refractivity contribution in [1.82, 2.24) is 25.5 Å². The van der Waals surface area contributed by atoms with Crippen LogP contribution in [0.1, 0.15) is 63.9 Å². The van der Waals surface area contributed by atoms with Crippen molar-refractivity contribution in [3.05, 3.63) is 45.8 Å². The quantitative estimate of drug-likeness (QED) is 0.540. The van der Waals surface area contributed by atoms with Crippen LogP contribution < -0.4 is 11.1 Å². The molecule has 158 valence electrons.